The highest BCUT2D eigenvalue weighted by Crippen LogP contribution is 2.42. The zero-order chi connectivity index (χ0) is 25.7. The molecule has 4 heterocycles. The monoisotopic (exact) mass is 521 g/mol. The van der Waals surface area contributed by atoms with E-state index in [9.17, 15) is 18.0 Å². The highest BCUT2D eigenvalue weighted by molar-refractivity contribution is 6.30. The van der Waals surface area contributed by atoms with Crippen molar-refractivity contribution in [2.24, 2.45) is 0 Å². The van der Waals surface area contributed by atoms with E-state index in [0.717, 1.165) is 41.2 Å². The lowest BCUT2D eigenvalue weighted by Gasteiger charge is -2.12. The minimum Gasteiger partial charge on any atom is -0.265 e. The molecule has 37 heavy (non-hydrogen) atoms. The molecule has 6 nitrogen and oxygen atoms in total. The van der Waals surface area contributed by atoms with Crippen LogP contribution in [0.25, 0.3) is 27.9 Å². The molecule has 186 valence electrons. The van der Waals surface area contributed by atoms with Crippen LogP contribution in [0.15, 0.2) is 78.0 Å². The lowest BCUT2D eigenvalue weighted by molar-refractivity contribution is -0.141. The molecule has 1 saturated carbocycles. The fraction of sp³-hybridized carbons (Fsp3) is 0.185. The number of hydrogen-bond donors (Lipinski definition) is 0. The summed E-state index contributed by atoms with van der Waals surface area (Å²) in [7, 11) is 0. The Balaban J connectivity index is 1.51. The van der Waals surface area contributed by atoms with Crippen molar-refractivity contribution in [3.8, 4) is 22.3 Å². The van der Waals surface area contributed by atoms with E-state index in [4.69, 9.17) is 11.6 Å². The van der Waals surface area contributed by atoms with Crippen molar-refractivity contribution in [2.45, 2.75) is 31.5 Å². The van der Waals surface area contributed by atoms with E-state index in [1.165, 1.54) is 15.1 Å². The maximum absolute atomic E-state index is 13.4. The maximum Gasteiger partial charge on any atom is 0.433 e. The van der Waals surface area contributed by atoms with Crippen LogP contribution in [0.3, 0.4) is 0 Å². The number of aromatic nitrogens is 5. The number of alkyl halides is 3. The SMILES string of the molecule is O=c1n(Cc2ccc(C(F)(F)F)nc2C2CC2)nc2c(-c3ccncc3)c(-c3ccc(Cl)cc3)ccn12. The molecule has 0 saturated heterocycles. The topological polar surface area (TPSA) is 65.1 Å². The lowest BCUT2D eigenvalue weighted by atomic mass is 9.96. The van der Waals surface area contributed by atoms with Crippen LogP contribution in [0.1, 0.15) is 35.7 Å². The van der Waals surface area contributed by atoms with Crippen molar-refractivity contribution in [3.05, 3.63) is 106 Å². The minimum absolute atomic E-state index is 0.0174. The van der Waals surface area contributed by atoms with E-state index in [1.807, 2.05) is 30.3 Å². The van der Waals surface area contributed by atoms with Gasteiger partial charge in [-0.1, -0.05) is 29.8 Å². The summed E-state index contributed by atoms with van der Waals surface area (Å²) in [5, 5.41) is 5.25. The van der Waals surface area contributed by atoms with Crippen LogP contribution < -0.4 is 5.69 Å². The van der Waals surface area contributed by atoms with Crippen molar-refractivity contribution in [3.63, 3.8) is 0 Å². The fourth-order valence-electron chi connectivity index (χ4n) is 4.52. The fourth-order valence-corrected chi connectivity index (χ4v) is 4.65. The molecule has 1 aliphatic rings. The van der Waals surface area contributed by atoms with Gasteiger partial charge in [-0.2, -0.15) is 13.2 Å². The van der Waals surface area contributed by atoms with E-state index in [2.05, 4.69) is 15.1 Å². The molecule has 10 heteroatoms. The van der Waals surface area contributed by atoms with Crippen molar-refractivity contribution < 1.29 is 13.2 Å². The Hall–Kier alpha value is -3.98. The van der Waals surface area contributed by atoms with E-state index in [-0.39, 0.29) is 12.5 Å². The Morgan fingerprint density at radius 3 is 2.35 bits per heavy atom. The molecule has 0 atom stereocenters. The van der Waals surface area contributed by atoms with Gasteiger partial charge in [0.1, 0.15) is 5.69 Å². The van der Waals surface area contributed by atoms with Crippen molar-refractivity contribution in [2.75, 3.05) is 0 Å². The molecule has 0 radical (unpaired) electrons. The van der Waals surface area contributed by atoms with Crippen LogP contribution in [-0.4, -0.2) is 24.1 Å². The van der Waals surface area contributed by atoms with Gasteiger partial charge in [0.25, 0.3) is 0 Å². The highest BCUT2D eigenvalue weighted by Gasteiger charge is 2.36. The van der Waals surface area contributed by atoms with E-state index >= 15 is 0 Å². The molecule has 1 aliphatic carbocycles. The van der Waals surface area contributed by atoms with Crippen LogP contribution >= 0.6 is 11.6 Å². The van der Waals surface area contributed by atoms with Gasteiger partial charge >= 0.3 is 11.9 Å². The number of rotatable bonds is 5. The standard InChI is InChI=1S/C27H19ClF3N5O/c28-20-6-3-16(4-7-20)21-11-14-35-25(23(21)17-9-12-32-13-10-17)34-36(26(35)37)15-19-5-8-22(27(29,30)31)33-24(19)18-1-2-18/h3-14,18H,1-2,15H2. The van der Waals surface area contributed by atoms with Crippen LogP contribution in [0.4, 0.5) is 13.2 Å². The summed E-state index contributed by atoms with van der Waals surface area (Å²) in [6.45, 7) is 0.0174. The largest absolute Gasteiger partial charge is 0.433 e. The second-order valence-electron chi connectivity index (χ2n) is 8.99. The Morgan fingerprint density at radius 2 is 1.68 bits per heavy atom. The smallest absolute Gasteiger partial charge is 0.265 e. The normalized spacial score (nSPS) is 13.8. The Bertz CT molecular complexity index is 1670. The summed E-state index contributed by atoms with van der Waals surface area (Å²) < 4.78 is 42.6. The molecular formula is C27H19ClF3N5O. The molecule has 0 spiro atoms. The maximum atomic E-state index is 13.4. The van der Waals surface area contributed by atoms with Crippen molar-refractivity contribution in [1.29, 1.82) is 0 Å². The zero-order valence-electron chi connectivity index (χ0n) is 19.3. The molecule has 4 aromatic heterocycles. The van der Waals surface area contributed by atoms with Crippen LogP contribution in [0.2, 0.25) is 5.02 Å². The van der Waals surface area contributed by atoms with Crippen LogP contribution in [-0.2, 0) is 12.7 Å². The lowest BCUT2D eigenvalue weighted by Crippen LogP contribution is -2.22. The van der Waals surface area contributed by atoms with Gasteiger partial charge in [-0.25, -0.2) is 18.9 Å². The second-order valence-corrected chi connectivity index (χ2v) is 9.43. The molecule has 0 unspecified atom stereocenters. The number of fused-ring (bicyclic) bond motifs is 1. The molecule has 0 N–H and O–H groups in total. The predicted molar refractivity (Wildman–Crippen MR) is 133 cm³/mol. The Labute approximate surface area is 214 Å². The third kappa shape index (κ3) is 4.40. The number of benzene rings is 1. The molecule has 1 aromatic carbocycles. The van der Waals surface area contributed by atoms with Crippen molar-refractivity contribution >= 4 is 17.2 Å². The summed E-state index contributed by atoms with van der Waals surface area (Å²) in [5.41, 5.74) is 3.35. The van der Waals surface area contributed by atoms with Gasteiger partial charge in [-0.15, -0.1) is 5.10 Å². The van der Waals surface area contributed by atoms with Gasteiger partial charge in [0.15, 0.2) is 5.65 Å². The Morgan fingerprint density at radius 1 is 0.946 bits per heavy atom. The van der Waals surface area contributed by atoms with Crippen LogP contribution in [0.5, 0.6) is 0 Å². The molecule has 0 aliphatic heterocycles. The van der Waals surface area contributed by atoms with E-state index in [1.54, 1.807) is 30.7 Å². The summed E-state index contributed by atoms with van der Waals surface area (Å²) >= 11 is 6.09. The first-order chi connectivity index (χ1) is 17.8. The first-order valence-corrected chi connectivity index (χ1v) is 12.0. The molecular weight excluding hydrogens is 503 g/mol. The molecule has 5 aromatic rings. The number of hydrogen-bond acceptors (Lipinski definition) is 4. The number of halogens is 4. The van der Waals surface area contributed by atoms with Gasteiger partial charge in [-0.3, -0.25) is 4.98 Å². The summed E-state index contributed by atoms with van der Waals surface area (Å²) in [6, 6.07) is 15.2. The summed E-state index contributed by atoms with van der Waals surface area (Å²) in [4.78, 5) is 21.4. The third-order valence-corrected chi connectivity index (χ3v) is 6.72. The van der Waals surface area contributed by atoms with E-state index in [0.29, 0.717) is 21.9 Å². The summed E-state index contributed by atoms with van der Waals surface area (Å²) in [6.07, 6.45) is 2.00. The molecule has 0 amide bonds. The minimum atomic E-state index is -4.53. The molecule has 1 fully saturated rings. The van der Waals surface area contributed by atoms with Gasteiger partial charge < -0.3 is 0 Å². The van der Waals surface area contributed by atoms with Crippen molar-refractivity contribution in [1.82, 2.24) is 24.1 Å². The zero-order valence-corrected chi connectivity index (χ0v) is 20.0. The first-order valence-electron chi connectivity index (χ1n) is 11.6. The number of pyridine rings is 3. The van der Waals surface area contributed by atoms with Gasteiger partial charge in [-0.05, 0) is 71.5 Å². The van der Waals surface area contributed by atoms with Gasteiger partial charge in [0.2, 0.25) is 0 Å². The highest BCUT2D eigenvalue weighted by atomic mass is 35.5. The van der Waals surface area contributed by atoms with Gasteiger partial charge in [0, 0.05) is 40.8 Å². The molecule has 6 rings (SSSR count). The molecule has 0 bridgehead atoms. The first kappa shape index (κ1) is 23.4. The second kappa shape index (κ2) is 8.85. The number of nitrogens with zero attached hydrogens (tertiary/aromatic N) is 5. The predicted octanol–water partition coefficient (Wildman–Crippen LogP) is 6.22. The average molecular weight is 522 g/mol. The Kier molecular flexibility index (Phi) is 5.60. The van der Waals surface area contributed by atoms with Gasteiger partial charge in [0.05, 0.1) is 6.54 Å². The quantitative estimate of drug-likeness (QED) is 0.275. The summed E-state index contributed by atoms with van der Waals surface area (Å²) in [5.74, 6) is -0.0334. The third-order valence-electron chi connectivity index (χ3n) is 6.46. The average Bonchev–Trinajstić information content (AvgIpc) is 3.69. The van der Waals surface area contributed by atoms with E-state index < -0.39 is 17.6 Å². The van der Waals surface area contributed by atoms with Crippen LogP contribution in [0, 0.1) is 0 Å².